The van der Waals surface area contributed by atoms with Gasteiger partial charge in [-0.25, -0.2) is 0 Å². The van der Waals surface area contributed by atoms with E-state index in [1.807, 2.05) is 12.2 Å². The Morgan fingerprint density at radius 3 is 2.75 bits per heavy atom. The van der Waals surface area contributed by atoms with Crippen LogP contribution in [-0.4, -0.2) is 33.7 Å². The molecule has 2 aliphatic rings. The van der Waals surface area contributed by atoms with Crippen LogP contribution in [0.25, 0.3) is 0 Å². The molecule has 0 aromatic carbocycles. The summed E-state index contributed by atoms with van der Waals surface area (Å²) < 4.78 is 4.60. The molecule has 20 heavy (non-hydrogen) atoms. The molecule has 2 bridgehead atoms. The predicted molar refractivity (Wildman–Crippen MR) is 66.4 cm³/mol. The maximum absolute atomic E-state index is 12.2. The average molecular weight is 277 g/mol. The van der Waals surface area contributed by atoms with E-state index in [9.17, 15) is 14.7 Å². The van der Waals surface area contributed by atoms with E-state index in [1.165, 1.54) is 6.39 Å². The maximum Gasteiger partial charge on any atom is 0.307 e. The quantitative estimate of drug-likeness (QED) is 0.747. The summed E-state index contributed by atoms with van der Waals surface area (Å²) in [4.78, 5) is 27.4. The molecule has 2 aliphatic carbocycles. The van der Waals surface area contributed by atoms with E-state index in [4.69, 9.17) is 0 Å². The molecule has 0 radical (unpaired) electrons. The van der Waals surface area contributed by atoms with Crippen LogP contribution in [0.2, 0.25) is 0 Å². The number of carboxylic acid groups (broad SMARTS) is 1. The number of allylic oxidation sites excluding steroid dienone is 2. The third-order valence-electron chi connectivity index (χ3n) is 4.10. The summed E-state index contributed by atoms with van der Waals surface area (Å²) in [6.45, 7) is 0.377. The Balaban J connectivity index is 1.59. The standard InChI is InChI=1S/C13H15N3O4/c17-12(14-4-3-9-15-6-20-16-9)10-7-1-2-8(5-7)11(10)13(18)19/h1-2,6-8,10-11H,3-5H2,(H,14,17)(H,18,19). The summed E-state index contributed by atoms with van der Waals surface area (Å²) in [5.41, 5.74) is 0. The lowest BCUT2D eigenvalue weighted by Gasteiger charge is -2.23. The highest BCUT2D eigenvalue weighted by atomic mass is 16.5. The van der Waals surface area contributed by atoms with Gasteiger partial charge < -0.3 is 14.9 Å². The number of hydrogen-bond acceptors (Lipinski definition) is 5. The highest BCUT2D eigenvalue weighted by Gasteiger charge is 2.51. The van der Waals surface area contributed by atoms with Crippen LogP contribution in [0.1, 0.15) is 12.2 Å². The molecule has 4 atom stereocenters. The first kappa shape index (κ1) is 12.8. The number of nitrogens with zero attached hydrogens (tertiary/aromatic N) is 2. The molecule has 1 amide bonds. The number of carbonyl (C=O) groups is 2. The van der Waals surface area contributed by atoms with Crippen LogP contribution >= 0.6 is 0 Å². The number of rotatable bonds is 5. The number of amides is 1. The van der Waals surface area contributed by atoms with Gasteiger partial charge in [0.15, 0.2) is 5.82 Å². The molecule has 4 unspecified atom stereocenters. The summed E-state index contributed by atoms with van der Waals surface area (Å²) in [7, 11) is 0. The van der Waals surface area contributed by atoms with Crippen molar-refractivity contribution in [1.82, 2.24) is 15.5 Å². The van der Waals surface area contributed by atoms with Gasteiger partial charge in [-0.3, -0.25) is 9.59 Å². The summed E-state index contributed by atoms with van der Waals surface area (Å²) in [5.74, 6) is -1.59. The van der Waals surface area contributed by atoms with Gasteiger partial charge in [0.25, 0.3) is 0 Å². The first-order valence-corrected chi connectivity index (χ1v) is 6.61. The van der Waals surface area contributed by atoms with Gasteiger partial charge in [0.05, 0.1) is 11.8 Å². The number of nitrogens with one attached hydrogen (secondary N) is 1. The SMILES string of the molecule is O=C(O)C1C2C=CC(C2)C1C(=O)NCCc1ncon1. The van der Waals surface area contributed by atoms with Gasteiger partial charge in [-0.2, -0.15) is 4.98 Å². The highest BCUT2D eigenvalue weighted by Crippen LogP contribution is 2.48. The van der Waals surface area contributed by atoms with Crippen molar-refractivity contribution in [3.8, 4) is 0 Å². The molecule has 0 aliphatic heterocycles. The smallest absolute Gasteiger partial charge is 0.307 e. The summed E-state index contributed by atoms with van der Waals surface area (Å²) in [6.07, 6.45) is 6.36. The molecule has 106 valence electrons. The van der Waals surface area contributed by atoms with E-state index in [-0.39, 0.29) is 17.7 Å². The number of carbonyl (C=O) groups excluding carboxylic acids is 1. The van der Waals surface area contributed by atoms with Gasteiger partial charge in [-0.1, -0.05) is 17.3 Å². The van der Waals surface area contributed by atoms with Crippen molar-refractivity contribution < 1.29 is 19.2 Å². The minimum atomic E-state index is -0.889. The molecule has 1 fully saturated rings. The van der Waals surface area contributed by atoms with E-state index >= 15 is 0 Å². The van der Waals surface area contributed by atoms with Crippen LogP contribution in [0.5, 0.6) is 0 Å². The fourth-order valence-electron chi connectivity index (χ4n) is 3.23. The largest absolute Gasteiger partial charge is 0.481 e. The van der Waals surface area contributed by atoms with E-state index in [0.29, 0.717) is 18.8 Å². The molecular formula is C13H15N3O4. The molecule has 3 rings (SSSR count). The van der Waals surface area contributed by atoms with Crippen LogP contribution < -0.4 is 5.32 Å². The second kappa shape index (κ2) is 5.07. The van der Waals surface area contributed by atoms with E-state index in [1.54, 1.807) is 0 Å². The lowest BCUT2D eigenvalue weighted by atomic mass is 9.82. The summed E-state index contributed by atoms with van der Waals surface area (Å²) in [5, 5.41) is 15.7. The highest BCUT2D eigenvalue weighted by molar-refractivity contribution is 5.86. The molecule has 7 heteroatoms. The predicted octanol–water partition coefficient (Wildman–Crippen LogP) is 0.251. The fraction of sp³-hybridized carbons (Fsp3) is 0.538. The zero-order chi connectivity index (χ0) is 14.1. The molecule has 7 nitrogen and oxygen atoms in total. The molecule has 0 saturated heterocycles. The Labute approximate surface area is 115 Å². The Hall–Kier alpha value is -2.18. The molecule has 1 heterocycles. The average Bonchev–Trinajstić information content (AvgIpc) is 3.13. The monoisotopic (exact) mass is 277 g/mol. The van der Waals surface area contributed by atoms with Crippen LogP contribution in [-0.2, 0) is 16.0 Å². The van der Waals surface area contributed by atoms with Gasteiger partial charge in [-0.15, -0.1) is 0 Å². The lowest BCUT2D eigenvalue weighted by Crippen LogP contribution is -2.40. The van der Waals surface area contributed by atoms with Crippen LogP contribution in [0, 0.1) is 23.7 Å². The van der Waals surface area contributed by atoms with Crippen molar-refractivity contribution >= 4 is 11.9 Å². The Kier molecular flexibility index (Phi) is 3.25. The molecule has 1 aromatic rings. The van der Waals surface area contributed by atoms with Gasteiger partial charge in [0.2, 0.25) is 12.3 Å². The minimum absolute atomic E-state index is 0.00884. The molecule has 1 aromatic heterocycles. The Morgan fingerprint density at radius 2 is 2.10 bits per heavy atom. The van der Waals surface area contributed by atoms with Gasteiger partial charge >= 0.3 is 5.97 Å². The first-order valence-electron chi connectivity index (χ1n) is 6.61. The number of aliphatic carboxylic acids is 1. The van der Waals surface area contributed by atoms with Crippen LogP contribution in [0.15, 0.2) is 23.1 Å². The zero-order valence-corrected chi connectivity index (χ0v) is 10.7. The Bertz CT molecular complexity index is 540. The number of fused-ring (bicyclic) bond motifs is 2. The van der Waals surface area contributed by atoms with Gasteiger partial charge in [-0.05, 0) is 18.3 Å². The summed E-state index contributed by atoms with van der Waals surface area (Å²) in [6, 6.07) is 0. The third-order valence-corrected chi connectivity index (χ3v) is 4.10. The zero-order valence-electron chi connectivity index (χ0n) is 10.7. The van der Waals surface area contributed by atoms with Crippen LogP contribution in [0.3, 0.4) is 0 Å². The number of aromatic nitrogens is 2. The van der Waals surface area contributed by atoms with E-state index in [0.717, 1.165) is 6.42 Å². The Morgan fingerprint density at radius 1 is 1.35 bits per heavy atom. The van der Waals surface area contributed by atoms with Crippen molar-refractivity contribution in [2.24, 2.45) is 23.7 Å². The minimum Gasteiger partial charge on any atom is -0.481 e. The van der Waals surface area contributed by atoms with Crippen molar-refractivity contribution in [2.45, 2.75) is 12.8 Å². The number of carboxylic acids is 1. The lowest BCUT2D eigenvalue weighted by molar-refractivity contribution is -0.147. The molecule has 0 spiro atoms. The van der Waals surface area contributed by atoms with Crippen molar-refractivity contribution in [1.29, 1.82) is 0 Å². The maximum atomic E-state index is 12.2. The van der Waals surface area contributed by atoms with Crippen LogP contribution in [0.4, 0.5) is 0 Å². The summed E-state index contributed by atoms with van der Waals surface area (Å²) >= 11 is 0. The topological polar surface area (TPSA) is 105 Å². The van der Waals surface area contributed by atoms with Gasteiger partial charge in [0, 0.05) is 13.0 Å². The van der Waals surface area contributed by atoms with E-state index in [2.05, 4.69) is 20.0 Å². The second-order valence-corrected chi connectivity index (χ2v) is 5.23. The van der Waals surface area contributed by atoms with Gasteiger partial charge in [0.1, 0.15) is 0 Å². The first-order chi connectivity index (χ1) is 9.66. The van der Waals surface area contributed by atoms with Crippen molar-refractivity contribution in [3.63, 3.8) is 0 Å². The molecule has 2 N–H and O–H groups in total. The third kappa shape index (κ3) is 2.19. The van der Waals surface area contributed by atoms with Crippen molar-refractivity contribution in [3.05, 3.63) is 24.4 Å². The number of hydrogen-bond donors (Lipinski definition) is 2. The van der Waals surface area contributed by atoms with Crippen molar-refractivity contribution in [2.75, 3.05) is 6.54 Å². The normalized spacial score (nSPS) is 30.6. The second-order valence-electron chi connectivity index (χ2n) is 5.23. The van der Waals surface area contributed by atoms with E-state index < -0.39 is 17.8 Å². The molecule has 1 saturated carbocycles. The molecular weight excluding hydrogens is 262 g/mol. The fourth-order valence-corrected chi connectivity index (χ4v) is 3.23.